The van der Waals surface area contributed by atoms with Gasteiger partial charge in [-0.25, -0.2) is 0 Å². The largest absolute Gasteiger partial charge is 0.478 e. The number of anilines is 2. The van der Waals surface area contributed by atoms with E-state index < -0.39 is 6.10 Å². The second kappa shape index (κ2) is 3.78. The molecule has 15 heavy (non-hydrogen) atoms. The van der Waals surface area contributed by atoms with Crippen LogP contribution < -0.4 is 15.8 Å². The molecule has 0 aliphatic carbocycles. The van der Waals surface area contributed by atoms with Gasteiger partial charge in [-0.15, -0.1) is 0 Å². The highest BCUT2D eigenvalue weighted by Gasteiger charge is 2.27. The van der Waals surface area contributed by atoms with E-state index in [2.05, 4.69) is 5.32 Å². The third kappa shape index (κ3) is 1.73. The number of aliphatic hydroxyl groups excluding tert-OH is 1. The first kappa shape index (κ1) is 9.79. The van der Waals surface area contributed by atoms with Crippen molar-refractivity contribution in [1.82, 2.24) is 0 Å². The average molecular weight is 208 g/mol. The van der Waals surface area contributed by atoms with Crippen LogP contribution in [0.5, 0.6) is 5.75 Å². The first-order chi connectivity index (χ1) is 7.22. The van der Waals surface area contributed by atoms with Gasteiger partial charge in [0.15, 0.2) is 6.10 Å². The summed E-state index contributed by atoms with van der Waals surface area (Å²) < 4.78 is 5.41. The number of nitrogens with one attached hydrogen (secondary N) is 1. The number of benzene rings is 1. The molecule has 0 saturated heterocycles. The summed E-state index contributed by atoms with van der Waals surface area (Å²) in [7, 11) is 0. The molecule has 80 valence electrons. The SMILES string of the molecule is Nc1cccc2c1NC(=O)C(CCO)O2. The van der Waals surface area contributed by atoms with E-state index in [1.807, 2.05) is 0 Å². The highest BCUT2D eigenvalue weighted by Crippen LogP contribution is 2.34. The molecule has 1 aromatic rings. The highest BCUT2D eigenvalue weighted by molar-refractivity contribution is 6.00. The second-order valence-corrected chi connectivity index (χ2v) is 3.33. The molecule has 1 heterocycles. The molecule has 0 fully saturated rings. The van der Waals surface area contributed by atoms with Gasteiger partial charge in [0, 0.05) is 13.0 Å². The van der Waals surface area contributed by atoms with Crippen molar-refractivity contribution in [2.45, 2.75) is 12.5 Å². The molecule has 5 heteroatoms. The monoisotopic (exact) mass is 208 g/mol. The molecule has 1 amide bonds. The topological polar surface area (TPSA) is 84.6 Å². The van der Waals surface area contributed by atoms with Crippen molar-refractivity contribution in [2.24, 2.45) is 0 Å². The minimum Gasteiger partial charge on any atom is -0.478 e. The zero-order valence-corrected chi connectivity index (χ0v) is 8.06. The molecular formula is C10H12N2O3. The highest BCUT2D eigenvalue weighted by atomic mass is 16.5. The molecule has 0 bridgehead atoms. The summed E-state index contributed by atoms with van der Waals surface area (Å²) >= 11 is 0. The number of ether oxygens (including phenoxy) is 1. The van der Waals surface area contributed by atoms with E-state index >= 15 is 0 Å². The van der Waals surface area contributed by atoms with Crippen LogP contribution in [0.15, 0.2) is 18.2 Å². The van der Waals surface area contributed by atoms with E-state index in [-0.39, 0.29) is 18.9 Å². The summed E-state index contributed by atoms with van der Waals surface area (Å²) in [4.78, 5) is 11.5. The zero-order chi connectivity index (χ0) is 10.8. The number of fused-ring (bicyclic) bond motifs is 1. The average Bonchev–Trinajstić information content (AvgIpc) is 2.21. The Bertz CT molecular complexity index is 392. The maximum atomic E-state index is 11.5. The predicted molar refractivity (Wildman–Crippen MR) is 55.6 cm³/mol. The van der Waals surface area contributed by atoms with Gasteiger partial charge < -0.3 is 20.9 Å². The molecule has 0 radical (unpaired) electrons. The van der Waals surface area contributed by atoms with Crippen molar-refractivity contribution in [2.75, 3.05) is 17.7 Å². The minimum absolute atomic E-state index is 0.0876. The lowest BCUT2D eigenvalue weighted by Gasteiger charge is -2.26. The summed E-state index contributed by atoms with van der Waals surface area (Å²) in [5.41, 5.74) is 6.66. The quantitative estimate of drug-likeness (QED) is 0.612. The van der Waals surface area contributed by atoms with Gasteiger partial charge in [0.1, 0.15) is 11.4 Å². The Morgan fingerprint density at radius 1 is 1.53 bits per heavy atom. The van der Waals surface area contributed by atoms with Crippen LogP contribution in [0.3, 0.4) is 0 Å². The van der Waals surface area contributed by atoms with Crippen LogP contribution in [0.1, 0.15) is 6.42 Å². The van der Waals surface area contributed by atoms with E-state index in [9.17, 15) is 4.79 Å². The number of nitrogens with two attached hydrogens (primary N) is 1. The predicted octanol–water partition coefficient (Wildman–Crippen LogP) is 0.351. The number of nitrogen functional groups attached to an aromatic ring is 1. The van der Waals surface area contributed by atoms with Crippen molar-refractivity contribution in [3.8, 4) is 5.75 Å². The van der Waals surface area contributed by atoms with Crippen molar-refractivity contribution in [1.29, 1.82) is 0 Å². The Balaban J connectivity index is 2.30. The van der Waals surface area contributed by atoms with Crippen LogP contribution in [-0.2, 0) is 4.79 Å². The Labute approximate surface area is 86.8 Å². The molecule has 1 unspecified atom stereocenters. The molecule has 1 aliphatic heterocycles. The Morgan fingerprint density at radius 2 is 2.33 bits per heavy atom. The Kier molecular flexibility index (Phi) is 2.47. The van der Waals surface area contributed by atoms with E-state index in [1.165, 1.54) is 0 Å². The fraction of sp³-hybridized carbons (Fsp3) is 0.300. The van der Waals surface area contributed by atoms with Crippen LogP contribution >= 0.6 is 0 Å². The third-order valence-corrected chi connectivity index (χ3v) is 2.26. The molecule has 4 N–H and O–H groups in total. The Hall–Kier alpha value is -1.75. The van der Waals surface area contributed by atoms with Crippen molar-refractivity contribution < 1.29 is 14.6 Å². The fourth-order valence-corrected chi connectivity index (χ4v) is 1.50. The molecule has 0 saturated carbocycles. The van der Waals surface area contributed by atoms with Crippen molar-refractivity contribution in [3.63, 3.8) is 0 Å². The van der Waals surface area contributed by atoms with Crippen molar-refractivity contribution >= 4 is 17.3 Å². The number of amides is 1. The van der Waals surface area contributed by atoms with Crippen LogP contribution in [0.25, 0.3) is 0 Å². The van der Waals surface area contributed by atoms with E-state index in [0.717, 1.165) is 0 Å². The van der Waals surface area contributed by atoms with E-state index in [4.69, 9.17) is 15.6 Å². The van der Waals surface area contributed by atoms with Gasteiger partial charge in [-0.3, -0.25) is 4.79 Å². The molecule has 0 aromatic heterocycles. The van der Waals surface area contributed by atoms with Crippen LogP contribution in [0, 0.1) is 0 Å². The molecule has 5 nitrogen and oxygen atoms in total. The standard InChI is InChI=1S/C10H12N2O3/c11-6-2-1-3-7-9(6)12-10(14)8(15-7)4-5-13/h1-3,8,13H,4-5,11H2,(H,12,14). The molecule has 2 rings (SSSR count). The van der Waals surface area contributed by atoms with Gasteiger partial charge >= 0.3 is 0 Å². The Morgan fingerprint density at radius 3 is 3.07 bits per heavy atom. The summed E-state index contributed by atoms with van der Waals surface area (Å²) in [5, 5.41) is 11.4. The number of carbonyl (C=O) groups excluding carboxylic acids is 1. The summed E-state index contributed by atoms with van der Waals surface area (Å²) in [5.74, 6) is 0.280. The van der Waals surface area contributed by atoms with Crippen molar-refractivity contribution in [3.05, 3.63) is 18.2 Å². The number of aliphatic hydroxyl groups is 1. The number of rotatable bonds is 2. The first-order valence-corrected chi connectivity index (χ1v) is 4.69. The lowest BCUT2D eigenvalue weighted by Crippen LogP contribution is -2.37. The van der Waals surface area contributed by atoms with Crippen LogP contribution in [-0.4, -0.2) is 23.7 Å². The smallest absolute Gasteiger partial charge is 0.265 e. The zero-order valence-electron chi connectivity index (χ0n) is 8.06. The lowest BCUT2D eigenvalue weighted by molar-refractivity contribution is -0.124. The second-order valence-electron chi connectivity index (χ2n) is 3.33. The fourth-order valence-electron chi connectivity index (χ4n) is 1.50. The van der Waals surface area contributed by atoms with Crippen LogP contribution in [0.2, 0.25) is 0 Å². The molecule has 1 aromatic carbocycles. The summed E-state index contributed by atoms with van der Waals surface area (Å²) in [6, 6.07) is 5.17. The number of hydrogen-bond acceptors (Lipinski definition) is 4. The lowest BCUT2D eigenvalue weighted by atomic mass is 10.1. The van der Waals surface area contributed by atoms with E-state index in [0.29, 0.717) is 17.1 Å². The number of hydrogen-bond donors (Lipinski definition) is 3. The summed E-state index contributed by atoms with van der Waals surface area (Å²) in [6.07, 6.45) is -0.357. The third-order valence-electron chi connectivity index (χ3n) is 2.26. The van der Waals surface area contributed by atoms with E-state index in [1.54, 1.807) is 18.2 Å². The van der Waals surface area contributed by atoms with Crippen LogP contribution in [0.4, 0.5) is 11.4 Å². The van der Waals surface area contributed by atoms with Gasteiger partial charge in [-0.2, -0.15) is 0 Å². The molecular weight excluding hydrogens is 196 g/mol. The van der Waals surface area contributed by atoms with Gasteiger partial charge in [-0.05, 0) is 12.1 Å². The maximum Gasteiger partial charge on any atom is 0.265 e. The van der Waals surface area contributed by atoms with Gasteiger partial charge in [0.25, 0.3) is 5.91 Å². The summed E-state index contributed by atoms with van der Waals surface area (Å²) in [6.45, 7) is -0.0876. The molecule has 0 spiro atoms. The van der Waals surface area contributed by atoms with Gasteiger partial charge in [-0.1, -0.05) is 6.07 Å². The molecule has 1 aliphatic rings. The molecule has 1 atom stereocenters. The first-order valence-electron chi connectivity index (χ1n) is 4.69. The number of carbonyl (C=O) groups is 1. The number of para-hydroxylation sites is 1. The maximum absolute atomic E-state index is 11.5. The normalized spacial score (nSPS) is 19.0. The van der Waals surface area contributed by atoms with Gasteiger partial charge in [0.05, 0.1) is 5.69 Å². The van der Waals surface area contributed by atoms with Gasteiger partial charge in [0.2, 0.25) is 0 Å². The minimum atomic E-state index is -0.635.